The first-order valence-corrected chi connectivity index (χ1v) is 15.3. The van der Waals surface area contributed by atoms with E-state index in [1.807, 2.05) is 140 Å². The van der Waals surface area contributed by atoms with E-state index in [-0.39, 0.29) is 11.6 Å². The van der Waals surface area contributed by atoms with Gasteiger partial charge in [0.1, 0.15) is 0 Å². The van der Waals surface area contributed by atoms with Crippen LogP contribution in [0, 0.1) is 0 Å². The molecule has 2 heteroatoms. The van der Waals surface area contributed by atoms with E-state index in [1.54, 1.807) is 0 Å². The Morgan fingerprint density at radius 3 is 1.17 bits per heavy atom. The van der Waals surface area contributed by atoms with Crippen LogP contribution in [0.15, 0.2) is 182 Å². The summed E-state index contributed by atoms with van der Waals surface area (Å²) < 4.78 is 0. The molecule has 0 bridgehead atoms. The molecule has 0 saturated carbocycles. The van der Waals surface area contributed by atoms with Crippen molar-refractivity contribution >= 4 is 11.6 Å². The maximum atomic E-state index is 13.5. The van der Waals surface area contributed by atoms with Crippen LogP contribution < -0.4 is 0 Å². The van der Waals surface area contributed by atoms with E-state index in [4.69, 9.17) is 0 Å². The second-order valence-corrected chi connectivity index (χ2v) is 11.2. The lowest BCUT2D eigenvalue weighted by atomic mass is 9.84. The highest BCUT2D eigenvalue weighted by Crippen LogP contribution is 2.43. The Bertz CT molecular complexity index is 2070. The van der Waals surface area contributed by atoms with Gasteiger partial charge in [0.15, 0.2) is 11.6 Å². The normalized spacial score (nSPS) is 10.8. The molecule has 0 fully saturated rings. The van der Waals surface area contributed by atoms with Gasteiger partial charge in [-0.1, -0.05) is 164 Å². The molecule has 0 aliphatic rings. The maximum absolute atomic E-state index is 13.5. The first-order valence-electron chi connectivity index (χ1n) is 15.3. The zero-order valence-electron chi connectivity index (χ0n) is 25.1. The highest BCUT2D eigenvalue weighted by molar-refractivity contribution is 6.10. The number of rotatable bonds is 8. The molecule has 0 unspecified atom stereocenters. The summed E-state index contributed by atoms with van der Waals surface area (Å²) in [6, 6.07) is 59.7. The van der Waals surface area contributed by atoms with E-state index < -0.39 is 0 Å². The Hall–Kier alpha value is -6.12. The third kappa shape index (κ3) is 5.85. The van der Waals surface area contributed by atoms with Crippen LogP contribution in [0.3, 0.4) is 0 Å². The summed E-state index contributed by atoms with van der Waals surface area (Å²) in [6.07, 6.45) is 0. The number of hydrogen-bond donors (Lipinski definition) is 0. The predicted molar refractivity (Wildman–Crippen MR) is 188 cm³/mol. The Kier molecular flexibility index (Phi) is 8.00. The Labute approximate surface area is 269 Å². The van der Waals surface area contributed by atoms with Crippen LogP contribution in [0.1, 0.15) is 31.8 Å². The van der Waals surface area contributed by atoms with Crippen LogP contribution in [0.2, 0.25) is 0 Å². The third-order valence-electron chi connectivity index (χ3n) is 8.27. The van der Waals surface area contributed by atoms with E-state index in [9.17, 15) is 9.59 Å². The molecule has 2 nitrogen and oxygen atoms in total. The second kappa shape index (κ2) is 12.9. The lowest BCUT2D eigenvalue weighted by Gasteiger charge is -2.19. The van der Waals surface area contributed by atoms with Gasteiger partial charge in [0.25, 0.3) is 0 Å². The van der Waals surface area contributed by atoms with Crippen LogP contribution in [-0.2, 0) is 0 Å². The quantitative estimate of drug-likeness (QED) is 0.165. The first-order chi connectivity index (χ1) is 22.7. The van der Waals surface area contributed by atoms with Gasteiger partial charge >= 0.3 is 0 Å². The standard InChI is InChI=1S/C44H30O2/c45-43(34-18-9-3-10-19-34)36-26-24-31(25-27-36)39-29-40(32-14-5-1-6-15-32)42(41(30-39)33-16-7-2-8-17-33)37-22-13-23-38(28-37)44(46)35-20-11-4-12-21-35/h1-30H. The lowest BCUT2D eigenvalue weighted by Crippen LogP contribution is -2.01. The first kappa shape index (κ1) is 28.6. The molecule has 0 amide bonds. The summed E-state index contributed by atoms with van der Waals surface area (Å²) in [5.41, 5.74) is 11.0. The zero-order chi connectivity index (χ0) is 31.3. The summed E-state index contributed by atoms with van der Waals surface area (Å²) >= 11 is 0. The van der Waals surface area contributed by atoms with Gasteiger partial charge in [0, 0.05) is 22.3 Å². The SMILES string of the molecule is O=C(c1ccccc1)c1ccc(-c2cc(-c3ccccc3)c(-c3cccc(C(=O)c4ccccc4)c3)c(-c3ccccc3)c2)cc1. The van der Waals surface area contributed by atoms with Gasteiger partial charge < -0.3 is 0 Å². The number of hydrogen-bond acceptors (Lipinski definition) is 2. The van der Waals surface area contributed by atoms with Gasteiger partial charge in [0.2, 0.25) is 0 Å². The Morgan fingerprint density at radius 1 is 0.283 bits per heavy atom. The number of benzene rings is 7. The van der Waals surface area contributed by atoms with Crippen LogP contribution in [0.4, 0.5) is 0 Å². The van der Waals surface area contributed by atoms with Crippen LogP contribution in [-0.4, -0.2) is 11.6 Å². The monoisotopic (exact) mass is 590 g/mol. The number of ketones is 2. The fraction of sp³-hybridized carbons (Fsp3) is 0. The van der Waals surface area contributed by atoms with E-state index >= 15 is 0 Å². The highest BCUT2D eigenvalue weighted by Gasteiger charge is 2.19. The minimum absolute atomic E-state index is 0.00220. The molecule has 0 spiro atoms. The Balaban J connectivity index is 1.40. The second-order valence-electron chi connectivity index (χ2n) is 11.2. The molecule has 0 atom stereocenters. The summed E-state index contributed by atoms with van der Waals surface area (Å²) in [5.74, 6) is -0.00545. The van der Waals surface area contributed by atoms with Crippen LogP contribution in [0.5, 0.6) is 0 Å². The van der Waals surface area contributed by atoms with Crippen LogP contribution >= 0.6 is 0 Å². The van der Waals surface area contributed by atoms with Crippen molar-refractivity contribution in [2.75, 3.05) is 0 Å². The molecule has 0 saturated heterocycles. The van der Waals surface area contributed by atoms with Gasteiger partial charge in [-0.15, -0.1) is 0 Å². The molecule has 0 aliphatic carbocycles. The van der Waals surface area contributed by atoms with Crippen LogP contribution in [0.25, 0.3) is 44.5 Å². The average molecular weight is 591 g/mol. The molecule has 7 aromatic carbocycles. The molecule has 0 N–H and O–H groups in total. The van der Waals surface area contributed by atoms with Gasteiger partial charge in [-0.2, -0.15) is 0 Å². The third-order valence-corrected chi connectivity index (χ3v) is 8.27. The topological polar surface area (TPSA) is 34.1 Å². The number of carbonyl (C=O) groups excluding carboxylic acids is 2. The van der Waals surface area contributed by atoms with Crippen molar-refractivity contribution in [3.63, 3.8) is 0 Å². The predicted octanol–water partition coefficient (Wildman–Crippen LogP) is 10.8. The maximum Gasteiger partial charge on any atom is 0.193 e. The van der Waals surface area contributed by atoms with Crippen molar-refractivity contribution in [3.05, 3.63) is 204 Å². The van der Waals surface area contributed by atoms with Gasteiger partial charge in [-0.05, 0) is 62.7 Å². The fourth-order valence-electron chi connectivity index (χ4n) is 5.95. The van der Waals surface area contributed by atoms with E-state index in [0.29, 0.717) is 22.3 Å². The summed E-state index contributed by atoms with van der Waals surface area (Å²) in [7, 11) is 0. The molecule has 0 aliphatic heterocycles. The summed E-state index contributed by atoms with van der Waals surface area (Å²) in [5, 5.41) is 0. The molecule has 218 valence electrons. The molecule has 0 radical (unpaired) electrons. The minimum atomic E-state index is -0.00766. The van der Waals surface area contributed by atoms with Gasteiger partial charge in [0.05, 0.1) is 0 Å². The zero-order valence-corrected chi connectivity index (χ0v) is 25.1. The van der Waals surface area contributed by atoms with Crippen molar-refractivity contribution in [1.82, 2.24) is 0 Å². The lowest BCUT2D eigenvalue weighted by molar-refractivity contribution is 0.103. The Morgan fingerprint density at radius 2 is 0.674 bits per heavy atom. The van der Waals surface area contributed by atoms with Crippen molar-refractivity contribution in [1.29, 1.82) is 0 Å². The molecule has 0 aromatic heterocycles. The highest BCUT2D eigenvalue weighted by atomic mass is 16.1. The van der Waals surface area contributed by atoms with Crippen molar-refractivity contribution in [2.45, 2.75) is 0 Å². The van der Waals surface area contributed by atoms with E-state index in [0.717, 1.165) is 44.5 Å². The smallest absolute Gasteiger partial charge is 0.193 e. The van der Waals surface area contributed by atoms with E-state index in [2.05, 4.69) is 42.5 Å². The fourth-order valence-corrected chi connectivity index (χ4v) is 5.95. The molecule has 46 heavy (non-hydrogen) atoms. The minimum Gasteiger partial charge on any atom is -0.289 e. The molecule has 7 rings (SSSR count). The molecule has 0 heterocycles. The summed E-state index contributed by atoms with van der Waals surface area (Å²) in [4.78, 5) is 26.6. The van der Waals surface area contributed by atoms with E-state index in [1.165, 1.54) is 0 Å². The van der Waals surface area contributed by atoms with Crippen molar-refractivity contribution < 1.29 is 9.59 Å². The van der Waals surface area contributed by atoms with Crippen molar-refractivity contribution in [3.8, 4) is 44.5 Å². The van der Waals surface area contributed by atoms with Crippen molar-refractivity contribution in [2.24, 2.45) is 0 Å². The molecule has 7 aromatic rings. The summed E-state index contributed by atoms with van der Waals surface area (Å²) in [6.45, 7) is 0. The van der Waals surface area contributed by atoms with Gasteiger partial charge in [-0.3, -0.25) is 9.59 Å². The molecular formula is C44H30O2. The number of carbonyl (C=O) groups is 2. The van der Waals surface area contributed by atoms with Gasteiger partial charge in [-0.25, -0.2) is 0 Å². The molecular weight excluding hydrogens is 560 g/mol. The largest absolute Gasteiger partial charge is 0.289 e. The average Bonchev–Trinajstić information content (AvgIpc) is 3.15.